The number of halogens is 2. The molecule has 1 saturated carbocycles. The van der Waals surface area contributed by atoms with Crippen molar-refractivity contribution in [3.8, 4) is 0 Å². The summed E-state index contributed by atoms with van der Waals surface area (Å²) in [5, 5.41) is 0. The molecule has 0 radical (unpaired) electrons. The molecule has 1 aliphatic rings. The summed E-state index contributed by atoms with van der Waals surface area (Å²) in [7, 11) is 1.54. The average Bonchev–Trinajstić information content (AvgIpc) is 1.79. The van der Waals surface area contributed by atoms with E-state index in [0.717, 1.165) is 0 Å². The molecular weight excluding hydrogens is 178 g/mol. The molecule has 0 N–H and O–H groups in total. The van der Waals surface area contributed by atoms with Crippen LogP contribution in [0.3, 0.4) is 0 Å². The van der Waals surface area contributed by atoms with Gasteiger partial charge in [-0.2, -0.15) is 8.78 Å². The molecule has 0 bridgehead atoms. The fourth-order valence-electron chi connectivity index (χ4n) is 1.44. The van der Waals surface area contributed by atoms with Crippen LogP contribution in [0.25, 0.3) is 0 Å². The maximum Gasteiger partial charge on any atom is 0.358 e. The highest BCUT2D eigenvalue weighted by Gasteiger charge is 2.49. The van der Waals surface area contributed by atoms with E-state index < -0.39 is 18.1 Å². The standard InChI is InChI=1S/C9H16F2O2/c1-6(2)13-9(10,11)7-4-8(5-7)12-3/h6-8H,4-5H2,1-3H3/t7-,8-. The van der Waals surface area contributed by atoms with E-state index in [4.69, 9.17) is 4.74 Å². The van der Waals surface area contributed by atoms with Gasteiger partial charge in [0.15, 0.2) is 0 Å². The molecule has 0 aliphatic heterocycles. The van der Waals surface area contributed by atoms with Crippen molar-refractivity contribution >= 4 is 0 Å². The molecule has 0 unspecified atom stereocenters. The largest absolute Gasteiger partial charge is 0.381 e. The summed E-state index contributed by atoms with van der Waals surface area (Å²) < 4.78 is 35.8. The Balaban J connectivity index is 2.35. The van der Waals surface area contributed by atoms with Crippen molar-refractivity contribution in [2.75, 3.05) is 7.11 Å². The van der Waals surface area contributed by atoms with E-state index in [1.54, 1.807) is 21.0 Å². The van der Waals surface area contributed by atoms with Gasteiger partial charge in [-0.25, -0.2) is 0 Å². The second-order valence-electron chi connectivity index (χ2n) is 3.75. The van der Waals surface area contributed by atoms with Crippen LogP contribution in [0.15, 0.2) is 0 Å². The topological polar surface area (TPSA) is 18.5 Å². The van der Waals surface area contributed by atoms with Crippen LogP contribution in [-0.4, -0.2) is 25.4 Å². The minimum atomic E-state index is -2.98. The van der Waals surface area contributed by atoms with Crippen LogP contribution < -0.4 is 0 Å². The van der Waals surface area contributed by atoms with Gasteiger partial charge in [-0.05, 0) is 26.7 Å². The lowest BCUT2D eigenvalue weighted by Crippen LogP contribution is -2.44. The molecule has 0 heterocycles. The first-order valence-corrected chi connectivity index (χ1v) is 4.54. The van der Waals surface area contributed by atoms with Gasteiger partial charge in [0, 0.05) is 7.11 Å². The third-order valence-corrected chi connectivity index (χ3v) is 2.30. The molecule has 0 aromatic carbocycles. The maximum atomic E-state index is 13.2. The molecular formula is C9H16F2O2. The van der Waals surface area contributed by atoms with Gasteiger partial charge in [-0.15, -0.1) is 0 Å². The number of hydrogen-bond acceptors (Lipinski definition) is 2. The number of rotatable bonds is 4. The van der Waals surface area contributed by atoms with Crippen LogP contribution >= 0.6 is 0 Å². The molecule has 4 heteroatoms. The van der Waals surface area contributed by atoms with Crippen molar-refractivity contribution in [1.29, 1.82) is 0 Å². The van der Waals surface area contributed by atoms with Crippen molar-refractivity contribution in [2.24, 2.45) is 5.92 Å². The highest BCUT2D eigenvalue weighted by atomic mass is 19.3. The number of methoxy groups -OCH3 is 1. The van der Waals surface area contributed by atoms with Gasteiger partial charge >= 0.3 is 6.11 Å². The summed E-state index contributed by atoms with van der Waals surface area (Å²) >= 11 is 0. The third-order valence-electron chi connectivity index (χ3n) is 2.30. The molecule has 1 rings (SSSR count). The first-order chi connectivity index (χ1) is 5.95. The van der Waals surface area contributed by atoms with E-state index in [1.165, 1.54) is 0 Å². The first-order valence-electron chi connectivity index (χ1n) is 4.54. The van der Waals surface area contributed by atoms with Crippen molar-refractivity contribution < 1.29 is 18.3 Å². The van der Waals surface area contributed by atoms with E-state index in [0.29, 0.717) is 12.8 Å². The Morgan fingerprint density at radius 1 is 1.31 bits per heavy atom. The number of alkyl halides is 2. The summed E-state index contributed by atoms with van der Waals surface area (Å²) in [5.41, 5.74) is 0. The van der Waals surface area contributed by atoms with E-state index in [2.05, 4.69) is 4.74 Å². The van der Waals surface area contributed by atoms with E-state index >= 15 is 0 Å². The minimum Gasteiger partial charge on any atom is -0.381 e. The molecule has 0 atom stereocenters. The second kappa shape index (κ2) is 3.88. The molecule has 0 aromatic rings. The Labute approximate surface area is 77.2 Å². The number of ether oxygens (including phenoxy) is 2. The Morgan fingerprint density at radius 2 is 1.85 bits per heavy atom. The van der Waals surface area contributed by atoms with Gasteiger partial charge in [0.25, 0.3) is 0 Å². The highest BCUT2D eigenvalue weighted by Crippen LogP contribution is 2.42. The summed E-state index contributed by atoms with van der Waals surface area (Å²) in [5.74, 6) is -0.667. The van der Waals surface area contributed by atoms with Crippen LogP contribution in [0.5, 0.6) is 0 Å². The summed E-state index contributed by atoms with van der Waals surface area (Å²) in [4.78, 5) is 0. The predicted octanol–water partition coefficient (Wildman–Crippen LogP) is 2.43. The smallest absolute Gasteiger partial charge is 0.358 e. The molecule has 2 nitrogen and oxygen atoms in total. The molecule has 1 fully saturated rings. The first kappa shape index (κ1) is 10.9. The average molecular weight is 194 g/mol. The zero-order valence-corrected chi connectivity index (χ0v) is 8.22. The Bertz CT molecular complexity index is 165. The van der Waals surface area contributed by atoms with Crippen LogP contribution in [0.4, 0.5) is 8.78 Å². The summed E-state index contributed by atoms with van der Waals surface area (Å²) in [6.07, 6.45) is -2.63. The molecule has 0 saturated heterocycles. The second-order valence-corrected chi connectivity index (χ2v) is 3.75. The van der Waals surface area contributed by atoms with Gasteiger partial charge in [0.2, 0.25) is 0 Å². The van der Waals surface area contributed by atoms with E-state index in [-0.39, 0.29) is 6.10 Å². The van der Waals surface area contributed by atoms with Crippen LogP contribution in [0, 0.1) is 5.92 Å². The third kappa shape index (κ3) is 2.61. The molecule has 0 spiro atoms. The zero-order valence-electron chi connectivity index (χ0n) is 8.22. The van der Waals surface area contributed by atoms with Gasteiger partial charge in [0.05, 0.1) is 18.1 Å². The Kier molecular flexibility index (Phi) is 3.24. The van der Waals surface area contributed by atoms with E-state index in [1.807, 2.05) is 0 Å². The Hall–Kier alpha value is -0.220. The SMILES string of the molecule is CO[C@H]1C[C@H](C(F)(F)OC(C)C)C1. The van der Waals surface area contributed by atoms with Gasteiger partial charge in [0.1, 0.15) is 0 Å². The Morgan fingerprint density at radius 3 is 2.23 bits per heavy atom. The lowest BCUT2D eigenvalue weighted by atomic mass is 9.81. The number of hydrogen-bond donors (Lipinski definition) is 0. The molecule has 0 amide bonds. The zero-order chi connectivity index (χ0) is 10.1. The van der Waals surface area contributed by atoms with Crippen LogP contribution in [-0.2, 0) is 9.47 Å². The van der Waals surface area contributed by atoms with Gasteiger partial charge in [-0.3, -0.25) is 0 Å². The predicted molar refractivity (Wildman–Crippen MR) is 44.7 cm³/mol. The molecule has 1 aliphatic carbocycles. The van der Waals surface area contributed by atoms with Crippen molar-refractivity contribution in [1.82, 2.24) is 0 Å². The molecule has 78 valence electrons. The molecule has 13 heavy (non-hydrogen) atoms. The highest BCUT2D eigenvalue weighted by molar-refractivity contribution is 4.85. The van der Waals surface area contributed by atoms with Gasteiger partial charge in [-0.1, -0.05) is 0 Å². The van der Waals surface area contributed by atoms with Crippen LogP contribution in [0.2, 0.25) is 0 Å². The minimum absolute atomic E-state index is 0.00774. The summed E-state index contributed by atoms with van der Waals surface area (Å²) in [6, 6.07) is 0. The normalized spacial score (nSPS) is 29.1. The lowest BCUT2D eigenvalue weighted by Gasteiger charge is -2.39. The van der Waals surface area contributed by atoms with E-state index in [9.17, 15) is 8.78 Å². The van der Waals surface area contributed by atoms with Crippen molar-refractivity contribution in [3.05, 3.63) is 0 Å². The fraction of sp³-hybridized carbons (Fsp3) is 1.00. The lowest BCUT2D eigenvalue weighted by molar-refractivity contribution is -0.309. The summed E-state index contributed by atoms with van der Waals surface area (Å²) in [6.45, 7) is 3.22. The fourth-order valence-corrected chi connectivity index (χ4v) is 1.44. The van der Waals surface area contributed by atoms with Gasteiger partial charge < -0.3 is 9.47 Å². The van der Waals surface area contributed by atoms with Crippen molar-refractivity contribution in [2.45, 2.75) is 45.0 Å². The maximum absolute atomic E-state index is 13.2. The van der Waals surface area contributed by atoms with Crippen LogP contribution in [0.1, 0.15) is 26.7 Å². The molecule has 0 aromatic heterocycles. The quantitative estimate of drug-likeness (QED) is 0.684. The monoisotopic (exact) mass is 194 g/mol. The van der Waals surface area contributed by atoms with Crippen molar-refractivity contribution in [3.63, 3.8) is 0 Å².